The van der Waals surface area contributed by atoms with Gasteiger partial charge in [-0.05, 0) is 30.3 Å². The molecule has 21 heavy (non-hydrogen) atoms. The first-order chi connectivity index (χ1) is 10.0. The molecule has 7 nitrogen and oxygen atoms in total. The number of hydrogen-bond donors (Lipinski definition) is 2. The third-order valence-electron chi connectivity index (χ3n) is 2.71. The first-order valence-corrected chi connectivity index (χ1v) is 5.80. The molecule has 0 aliphatic rings. The summed E-state index contributed by atoms with van der Waals surface area (Å²) in [6, 6.07) is 11.7. The van der Waals surface area contributed by atoms with Crippen LogP contribution >= 0.6 is 0 Å². The monoisotopic (exact) mass is 283 g/mol. The summed E-state index contributed by atoms with van der Waals surface area (Å²) < 4.78 is 0. The number of carboxylic acids is 1. The molecule has 0 amide bonds. The van der Waals surface area contributed by atoms with Crippen molar-refractivity contribution in [1.82, 2.24) is 0 Å². The predicted octanol–water partition coefficient (Wildman–Crippen LogP) is 2.91. The molecule has 104 valence electrons. The fourth-order valence-electron chi connectivity index (χ4n) is 1.75. The first kappa shape index (κ1) is 14.0. The number of hydrogen-bond acceptors (Lipinski definition) is 5. The number of nitro benzene ring substituents is 1. The normalized spacial score (nSPS) is 9.67. The van der Waals surface area contributed by atoms with Crippen molar-refractivity contribution in [3.63, 3.8) is 0 Å². The molecule has 0 aliphatic carbocycles. The summed E-state index contributed by atoms with van der Waals surface area (Å²) in [6.45, 7) is 0. The minimum Gasteiger partial charge on any atom is -0.478 e. The molecule has 0 saturated carbocycles. The lowest BCUT2D eigenvalue weighted by Crippen LogP contribution is -2.00. The van der Waals surface area contributed by atoms with Gasteiger partial charge in [0.1, 0.15) is 5.69 Å². The minimum absolute atomic E-state index is 0.0547. The zero-order valence-corrected chi connectivity index (χ0v) is 10.6. The Balaban J connectivity index is 2.43. The predicted molar refractivity (Wildman–Crippen MR) is 74.5 cm³/mol. The molecule has 0 radical (unpaired) electrons. The van der Waals surface area contributed by atoms with E-state index in [4.69, 9.17) is 10.4 Å². The van der Waals surface area contributed by atoms with E-state index >= 15 is 0 Å². The summed E-state index contributed by atoms with van der Waals surface area (Å²) in [7, 11) is 0. The Bertz CT molecular complexity index is 765. The smallest absolute Gasteiger partial charge is 0.335 e. The van der Waals surface area contributed by atoms with Gasteiger partial charge in [-0.3, -0.25) is 10.1 Å². The lowest BCUT2D eigenvalue weighted by Gasteiger charge is -2.08. The van der Waals surface area contributed by atoms with E-state index in [9.17, 15) is 14.9 Å². The van der Waals surface area contributed by atoms with Crippen molar-refractivity contribution in [1.29, 1.82) is 5.26 Å². The van der Waals surface area contributed by atoms with Crippen LogP contribution in [0.25, 0.3) is 0 Å². The summed E-state index contributed by atoms with van der Waals surface area (Å²) in [4.78, 5) is 21.3. The molecular weight excluding hydrogens is 274 g/mol. The second-order valence-corrected chi connectivity index (χ2v) is 4.11. The van der Waals surface area contributed by atoms with Crippen molar-refractivity contribution in [2.75, 3.05) is 5.32 Å². The molecule has 0 atom stereocenters. The van der Waals surface area contributed by atoms with Crippen molar-refractivity contribution in [3.05, 3.63) is 63.7 Å². The van der Waals surface area contributed by atoms with Crippen molar-refractivity contribution < 1.29 is 14.8 Å². The van der Waals surface area contributed by atoms with Gasteiger partial charge in [-0.15, -0.1) is 0 Å². The van der Waals surface area contributed by atoms with E-state index in [1.165, 1.54) is 36.4 Å². The van der Waals surface area contributed by atoms with Crippen molar-refractivity contribution in [2.45, 2.75) is 0 Å². The molecule has 0 aliphatic heterocycles. The van der Waals surface area contributed by atoms with E-state index in [0.29, 0.717) is 5.69 Å². The maximum atomic E-state index is 11.0. The number of nitriles is 1. The summed E-state index contributed by atoms with van der Waals surface area (Å²) in [5.74, 6) is -1.10. The number of nitrogens with zero attached hydrogens (tertiary/aromatic N) is 2. The zero-order chi connectivity index (χ0) is 15.4. The molecule has 2 aromatic carbocycles. The Kier molecular flexibility index (Phi) is 3.81. The maximum absolute atomic E-state index is 11.0. The molecule has 0 aromatic heterocycles. The van der Waals surface area contributed by atoms with E-state index in [-0.39, 0.29) is 22.5 Å². The quantitative estimate of drug-likeness (QED) is 0.658. The third kappa shape index (κ3) is 3.13. The molecule has 0 fully saturated rings. The van der Waals surface area contributed by atoms with Crippen molar-refractivity contribution in [3.8, 4) is 6.07 Å². The van der Waals surface area contributed by atoms with Crippen molar-refractivity contribution >= 4 is 23.0 Å². The Morgan fingerprint density at radius 2 is 2.05 bits per heavy atom. The van der Waals surface area contributed by atoms with E-state index < -0.39 is 10.9 Å². The SMILES string of the molecule is N#Cc1ccc([N+](=O)[O-])c(Nc2cccc(C(=O)O)c2)c1. The fraction of sp³-hybridized carbons (Fsp3) is 0. The minimum atomic E-state index is -1.10. The second-order valence-electron chi connectivity index (χ2n) is 4.11. The number of aromatic carboxylic acids is 1. The molecule has 0 unspecified atom stereocenters. The Hall–Kier alpha value is -3.40. The highest BCUT2D eigenvalue weighted by Gasteiger charge is 2.15. The molecule has 2 rings (SSSR count). The van der Waals surface area contributed by atoms with Gasteiger partial charge in [-0.25, -0.2) is 4.79 Å². The van der Waals surface area contributed by atoms with E-state index in [1.54, 1.807) is 6.07 Å². The lowest BCUT2D eigenvalue weighted by molar-refractivity contribution is -0.383. The van der Waals surface area contributed by atoms with Crippen LogP contribution in [-0.4, -0.2) is 16.0 Å². The Labute approximate surface area is 119 Å². The Morgan fingerprint density at radius 1 is 1.29 bits per heavy atom. The number of benzene rings is 2. The highest BCUT2D eigenvalue weighted by atomic mass is 16.6. The summed E-state index contributed by atoms with van der Waals surface area (Å²) in [5.41, 5.74) is 0.626. The van der Waals surface area contributed by atoms with Crippen LogP contribution in [0.2, 0.25) is 0 Å². The number of nitrogens with one attached hydrogen (secondary N) is 1. The average Bonchev–Trinajstić information content (AvgIpc) is 2.47. The van der Waals surface area contributed by atoms with Gasteiger partial charge in [0, 0.05) is 11.8 Å². The van der Waals surface area contributed by atoms with Crippen LogP contribution in [0.5, 0.6) is 0 Å². The number of carbonyl (C=O) groups is 1. The molecular formula is C14H9N3O4. The number of anilines is 2. The number of rotatable bonds is 4. The van der Waals surface area contributed by atoms with Crippen LogP contribution in [0.1, 0.15) is 15.9 Å². The van der Waals surface area contributed by atoms with Gasteiger partial charge < -0.3 is 10.4 Å². The largest absolute Gasteiger partial charge is 0.478 e. The number of carboxylic acid groups (broad SMARTS) is 1. The van der Waals surface area contributed by atoms with Crippen LogP contribution in [0, 0.1) is 21.4 Å². The third-order valence-corrected chi connectivity index (χ3v) is 2.71. The summed E-state index contributed by atoms with van der Waals surface area (Å²) >= 11 is 0. The van der Waals surface area contributed by atoms with Crippen LogP contribution in [-0.2, 0) is 0 Å². The zero-order valence-electron chi connectivity index (χ0n) is 10.6. The van der Waals surface area contributed by atoms with Crippen LogP contribution in [0.4, 0.5) is 17.1 Å². The molecule has 7 heteroatoms. The first-order valence-electron chi connectivity index (χ1n) is 5.80. The molecule has 0 heterocycles. The summed E-state index contributed by atoms with van der Waals surface area (Å²) in [6.07, 6.45) is 0. The molecule has 2 N–H and O–H groups in total. The van der Waals surface area contributed by atoms with Gasteiger partial charge in [0.2, 0.25) is 0 Å². The lowest BCUT2D eigenvalue weighted by atomic mass is 10.1. The highest BCUT2D eigenvalue weighted by Crippen LogP contribution is 2.28. The summed E-state index contributed by atoms with van der Waals surface area (Å²) in [5, 5.41) is 31.5. The van der Waals surface area contributed by atoms with Gasteiger partial charge in [-0.2, -0.15) is 5.26 Å². The van der Waals surface area contributed by atoms with Gasteiger partial charge >= 0.3 is 5.97 Å². The van der Waals surface area contributed by atoms with Crippen LogP contribution in [0.15, 0.2) is 42.5 Å². The van der Waals surface area contributed by atoms with Gasteiger partial charge in [0.25, 0.3) is 5.69 Å². The molecule has 0 saturated heterocycles. The maximum Gasteiger partial charge on any atom is 0.335 e. The van der Waals surface area contributed by atoms with Crippen LogP contribution < -0.4 is 5.32 Å². The Morgan fingerprint density at radius 3 is 2.67 bits per heavy atom. The van der Waals surface area contributed by atoms with Gasteiger partial charge in [0.15, 0.2) is 0 Å². The van der Waals surface area contributed by atoms with Gasteiger partial charge in [0.05, 0.1) is 22.1 Å². The topological polar surface area (TPSA) is 116 Å². The van der Waals surface area contributed by atoms with E-state index in [1.807, 2.05) is 6.07 Å². The highest BCUT2D eigenvalue weighted by molar-refractivity contribution is 5.89. The van der Waals surface area contributed by atoms with E-state index in [0.717, 1.165) is 0 Å². The molecule has 0 bridgehead atoms. The van der Waals surface area contributed by atoms with Crippen LogP contribution in [0.3, 0.4) is 0 Å². The second kappa shape index (κ2) is 5.71. The standard InChI is InChI=1S/C14H9N3O4/c15-8-9-4-5-13(17(20)21)12(6-9)16-11-3-1-2-10(7-11)14(18)19/h1-7,16H,(H,18,19). The number of nitro groups is 1. The molecule has 2 aromatic rings. The van der Waals surface area contributed by atoms with Gasteiger partial charge in [-0.1, -0.05) is 6.07 Å². The average molecular weight is 283 g/mol. The fourth-order valence-corrected chi connectivity index (χ4v) is 1.75. The van der Waals surface area contributed by atoms with Crippen molar-refractivity contribution in [2.24, 2.45) is 0 Å². The molecule has 0 spiro atoms. The van der Waals surface area contributed by atoms with E-state index in [2.05, 4.69) is 5.32 Å².